The zero-order valence-electron chi connectivity index (χ0n) is 22.2. The fraction of sp³-hybridized carbons (Fsp3) is 0.452. The molecule has 4 bridgehead atoms. The van der Waals surface area contributed by atoms with Gasteiger partial charge < -0.3 is 9.47 Å². The van der Waals surface area contributed by atoms with Crippen LogP contribution in [0, 0.1) is 30.1 Å². The van der Waals surface area contributed by atoms with E-state index in [0.717, 1.165) is 40.4 Å². The lowest BCUT2D eigenvalue weighted by Crippen LogP contribution is -2.47. The van der Waals surface area contributed by atoms with Crippen molar-refractivity contribution in [1.29, 1.82) is 0 Å². The third-order valence-electron chi connectivity index (χ3n) is 8.50. The average Bonchev–Trinajstić information content (AvgIpc) is 3.19. The van der Waals surface area contributed by atoms with E-state index >= 15 is 0 Å². The molecule has 3 aromatic rings. The highest BCUT2D eigenvalue weighted by Gasteiger charge is 2.51. The van der Waals surface area contributed by atoms with Crippen molar-refractivity contribution >= 4 is 12.1 Å². The summed E-state index contributed by atoms with van der Waals surface area (Å²) in [5.41, 5.74) is 5.36. The molecule has 198 valence electrons. The zero-order valence-corrected chi connectivity index (χ0v) is 22.2. The number of nitrogens with zero attached hydrogens (tertiary/aromatic N) is 3. The molecule has 1 aromatic heterocycles. The number of hydrogen-bond acceptors (Lipinski definition) is 5. The fourth-order valence-electron chi connectivity index (χ4n) is 7.45. The van der Waals surface area contributed by atoms with Crippen LogP contribution in [0.5, 0.6) is 17.4 Å². The van der Waals surface area contributed by atoms with Gasteiger partial charge in [-0.15, -0.1) is 0 Å². The topological polar surface area (TPSA) is 77.7 Å². The maximum Gasteiger partial charge on any atom is 0.240 e. The number of hydrazone groups is 1. The summed E-state index contributed by atoms with van der Waals surface area (Å²) in [4.78, 5) is 13.0. The number of carbonyl (C=O) groups excluding carboxylic acids is 1. The van der Waals surface area contributed by atoms with Crippen LogP contribution < -0.4 is 14.9 Å². The number of amides is 1. The van der Waals surface area contributed by atoms with Gasteiger partial charge in [0.25, 0.3) is 0 Å². The second kappa shape index (κ2) is 10.3. The van der Waals surface area contributed by atoms with Gasteiger partial charge in [0.1, 0.15) is 11.5 Å². The first kappa shape index (κ1) is 24.7. The third kappa shape index (κ3) is 5.06. The van der Waals surface area contributed by atoms with Crippen molar-refractivity contribution in [2.45, 2.75) is 58.8 Å². The Labute approximate surface area is 224 Å². The molecule has 0 unspecified atom stereocenters. The number of nitrogens with one attached hydrogen (secondary N) is 1. The molecule has 1 amide bonds. The molecule has 0 atom stereocenters. The van der Waals surface area contributed by atoms with Crippen LogP contribution in [-0.4, -0.2) is 28.5 Å². The molecular formula is C31H36N4O3. The number of carbonyl (C=O) groups is 1. The Balaban J connectivity index is 1.21. The van der Waals surface area contributed by atoms with Gasteiger partial charge in [-0.05, 0) is 112 Å². The first-order valence-corrected chi connectivity index (χ1v) is 13.9. The van der Waals surface area contributed by atoms with Crippen LogP contribution in [0.2, 0.25) is 0 Å². The normalized spacial score (nSPS) is 25.6. The summed E-state index contributed by atoms with van der Waals surface area (Å²) in [6.07, 6.45) is 9.98. The standard InChI is InChI=1S/C31H36N4O3/c1-3-37-26-9-11-27(12-10-26)38-30-28(21(2)34-35(30)25-7-5-4-6-8-25)20-32-33-29(36)19-31-16-22-13-23(17-31)15-24(14-22)18-31/h4-12,20,22-24H,3,13-19H2,1-2H3,(H,33,36). The summed E-state index contributed by atoms with van der Waals surface area (Å²) in [5.74, 6) is 4.47. The Hall–Kier alpha value is -3.61. The molecule has 0 aliphatic heterocycles. The van der Waals surface area contributed by atoms with Gasteiger partial charge in [0.05, 0.1) is 29.8 Å². The lowest BCUT2D eigenvalue weighted by atomic mass is 9.49. The largest absolute Gasteiger partial charge is 0.494 e. The maximum absolute atomic E-state index is 13.0. The van der Waals surface area contributed by atoms with Crippen molar-refractivity contribution in [2.24, 2.45) is 28.3 Å². The quantitative estimate of drug-likeness (QED) is 0.265. The van der Waals surface area contributed by atoms with Crippen molar-refractivity contribution < 1.29 is 14.3 Å². The van der Waals surface area contributed by atoms with Crippen LogP contribution in [0.4, 0.5) is 0 Å². The van der Waals surface area contributed by atoms with E-state index in [9.17, 15) is 4.79 Å². The number of aromatic nitrogens is 2. The van der Waals surface area contributed by atoms with E-state index in [1.807, 2.05) is 68.4 Å². The molecular weight excluding hydrogens is 476 g/mol. The number of rotatable bonds is 9. The molecule has 1 heterocycles. The monoisotopic (exact) mass is 512 g/mol. The van der Waals surface area contributed by atoms with Crippen molar-refractivity contribution in [3.8, 4) is 23.1 Å². The van der Waals surface area contributed by atoms with Gasteiger partial charge in [-0.25, -0.2) is 5.43 Å². The fourth-order valence-corrected chi connectivity index (χ4v) is 7.45. The predicted molar refractivity (Wildman–Crippen MR) is 147 cm³/mol. The summed E-state index contributed by atoms with van der Waals surface area (Å²) < 4.78 is 13.7. The molecule has 7 heteroatoms. The highest BCUT2D eigenvalue weighted by atomic mass is 16.5. The van der Waals surface area contributed by atoms with Crippen LogP contribution >= 0.6 is 0 Å². The number of ether oxygens (including phenoxy) is 2. The van der Waals surface area contributed by atoms with E-state index in [0.29, 0.717) is 24.7 Å². The summed E-state index contributed by atoms with van der Waals surface area (Å²) in [6, 6.07) is 17.4. The van der Waals surface area contributed by atoms with Gasteiger partial charge >= 0.3 is 0 Å². The molecule has 4 fully saturated rings. The van der Waals surface area contributed by atoms with Crippen molar-refractivity contribution in [3.63, 3.8) is 0 Å². The number of para-hydroxylation sites is 1. The first-order valence-electron chi connectivity index (χ1n) is 13.9. The van der Waals surface area contributed by atoms with Crippen molar-refractivity contribution in [3.05, 3.63) is 65.9 Å². The summed E-state index contributed by atoms with van der Waals surface area (Å²) in [5, 5.41) is 9.10. The summed E-state index contributed by atoms with van der Waals surface area (Å²) in [6.45, 7) is 4.48. The number of hydrogen-bond donors (Lipinski definition) is 1. The minimum atomic E-state index is 0.00489. The minimum Gasteiger partial charge on any atom is -0.494 e. The maximum atomic E-state index is 13.0. The SMILES string of the molecule is CCOc1ccc(Oc2c(C=NNC(=O)CC34CC5CC(CC(C5)C3)C4)c(C)nn2-c2ccccc2)cc1. The molecule has 1 N–H and O–H groups in total. The highest BCUT2D eigenvalue weighted by Crippen LogP contribution is 2.61. The molecule has 38 heavy (non-hydrogen) atoms. The minimum absolute atomic E-state index is 0.00489. The van der Waals surface area contributed by atoms with Gasteiger partial charge in [-0.2, -0.15) is 14.9 Å². The molecule has 0 spiro atoms. The Morgan fingerprint density at radius 2 is 1.66 bits per heavy atom. The van der Waals surface area contributed by atoms with Gasteiger partial charge in [-0.1, -0.05) is 18.2 Å². The molecule has 4 aliphatic rings. The highest BCUT2D eigenvalue weighted by molar-refractivity contribution is 5.86. The molecule has 7 nitrogen and oxygen atoms in total. The molecule has 4 aliphatic carbocycles. The van der Waals surface area contributed by atoms with Crippen molar-refractivity contribution in [1.82, 2.24) is 15.2 Å². The van der Waals surface area contributed by atoms with E-state index in [-0.39, 0.29) is 11.3 Å². The number of aryl methyl sites for hydroxylation is 1. The van der Waals surface area contributed by atoms with Crippen LogP contribution in [0.15, 0.2) is 59.7 Å². The molecule has 4 saturated carbocycles. The van der Waals surface area contributed by atoms with Crippen LogP contribution in [0.1, 0.15) is 63.1 Å². The third-order valence-corrected chi connectivity index (χ3v) is 8.50. The Kier molecular flexibility index (Phi) is 6.68. The van der Waals surface area contributed by atoms with Gasteiger partial charge in [0.15, 0.2) is 0 Å². The second-order valence-corrected chi connectivity index (χ2v) is 11.4. The summed E-state index contributed by atoms with van der Waals surface area (Å²) in [7, 11) is 0. The molecule has 0 saturated heterocycles. The van der Waals surface area contributed by atoms with E-state index < -0.39 is 0 Å². The second-order valence-electron chi connectivity index (χ2n) is 11.4. The van der Waals surface area contributed by atoms with Gasteiger partial charge in [0, 0.05) is 6.42 Å². The van der Waals surface area contributed by atoms with E-state index in [2.05, 4.69) is 10.5 Å². The van der Waals surface area contributed by atoms with E-state index in [1.165, 1.54) is 38.5 Å². The Morgan fingerprint density at radius 3 is 2.29 bits per heavy atom. The lowest BCUT2D eigenvalue weighted by Gasteiger charge is -2.56. The first-order chi connectivity index (χ1) is 18.5. The smallest absolute Gasteiger partial charge is 0.240 e. The van der Waals surface area contributed by atoms with Gasteiger partial charge in [-0.3, -0.25) is 4.79 Å². The lowest BCUT2D eigenvalue weighted by molar-refractivity contribution is -0.129. The van der Waals surface area contributed by atoms with Crippen molar-refractivity contribution in [2.75, 3.05) is 6.61 Å². The number of benzene rings is 2. The molecule has 2 aromatic carbocycles. The van der Waals surface area contributed by atoms with Crippen LogP contribution in [0.25, 0.3) is 5.69 Å². The molecule has 0 radical (unpaired) electrons. The van der Waals surface area contributed by atoms with Gasteiger partial charge in [0.2, 0.25) is 11.8 Å². The zero-order chi connectivity index (χ0) is 26.1. The average molecular weight is 513 g/mol. The Morgan fingerprint density at radius 1 is 1.03 bits per heavy atom. The van der Waals surface area contributed by atoms with E-state index in [4.69, 9.17) is 14.6 Å². The predicted octanol–water partition coefficient (Wildman–Crippen LogP) is 6.43. The van der Waals surface area contributed by atoms with E-state index in [1.54, 1.807) is 10.9 Å². The summed E-state index contributed by atoms with van der Waals surface area (Å²) >= 11 is 0. The van der Waals surface area contributed by atoms with Crippen LogP contribution in [0.3, 0.4) is 0 Å². The Bertz CT molecular complexity index is 1280. The van der Waals surface area contributed by atoms with Crippen LogP contribution in [-0.2, 0) is 4.79 Å². The molecule has 7 rings (SSSR count).